The zero-order valence-electron chi connectivity index (χ0n) is 12.0. The smallest absolute Gasteiger partial charge is 0.222 e. The maximum absolute atomic E-state index is 11.2. The minimum Gasteiger partial charge on any atom is -0.311 e. The lowest BCUT2D eigenvalue weighted by Crippen LogP contribution is -2.26. The Hall–Kier alpha value is -2.68. The fourth-order valence-electron chi connectivity index (χ4n) is 2.07. The van der Waals surface area contributed by atoms with Crippen molar-refractivity contribution in [3.05, 3.63) is 72.8 Å². The van der Waals surface area contributed by atoms with E-state index in [-0.39, 0.29) is 5.91 Å². The van der Waals surface area contributed by atoms with E-state index in [0.29, 0.717) is 12.4 Å². The van der Waals surface area contributed by atoms with E-state index >= 15 is 0 Å². The molecule has 2 aromatic rings. The molecule has 0 saturated heterocycles. The van der Waals surface area contributed by atoms with Gasteiger partial charge in [-0.15, -0.1) is 0 Å². The van der Waals surface area contributed by atoms with Crippen LogP contribution in [0.5, 0.6) is 0 Å². The van der Waals surface area contributed by atoms with E-state index < -0.39 is 0 Å². The third-order valence-electron chi connectivity index (χ3n) is 2.99. The van der Waals surface area contributed by atoms with Crippen molar-refractivity contribution in [3.8, 4) is 0 Å². The quantitative estimate of drug-likeness (QED) is 0.518. The summed E-state index contributed by atoms with van der Waals surface area (Å²) in [7, 11) is 0. The number of carbonyl (C=O) groups excluding carboxylic acids is 1. The number of hydrogen-bond donors (Lipinski definition) is 1. The van der Waals surface area contributed by atoms with Crippen molar-refractivity contribution in [2.75, 3.05) is 0 Å². The Morgan fingerprint density at radius 2 is 2.00 bits per heavy atom. The summed E-state index contributed by atoms with van der Waals surface area (Å²) in [6, 6.07) is 14.3. The molecule has 0 aliphatic rings. The topological polar surface area (TPSA) is 41.5 Å². The molecule has 0 saturated carbocycles. The van der Waals surface area contributed by atoms with Crippen molar-refractivity contribution in [1.82, 2.24) is 5.32 Å². The molecule has 21 heavy (non-hydrogen) atoms. The van der Waals surface area contributed by atoms with Gasteiger partial charge < -0.3 is 5.32 Å². The van der Waals surface area contributed by atoms with Gasteiger partial charge in [0.05, 0.1) is 6.54 Å². The van der Waals surface area contributed by atoms with Gasteiger partial charge in [-0.2, -0.15) is 0 Å². The van der Waals surface area contributed by atoms with Crippen molar-refractivity contribution in [2.45, 2.75) is 13.5 Å². The number of nitrogens with zero attached hydrogens (tertiary/aromatic N) is 1. The van der Waals surface area contributed by atoms with Crippen LogP contribution in [0.1, 0.15) is 12.5 Å². The minimum absolute atomic E-state index is 0.139. The van der Waals surface area contributed by atoms with E-state index in [1.165, 1.54) is 17.7 Å². The monoisotopic (exact) mass is 278 g/mol. The fraction of sp³-hybridized carbons (Fsp3) is 0.111. The predicted molar refractivity (Wildman–Crippen MR) is 88.2 cm³/mol. The van der Waals surface area contributed by atoms with Crippen LogP contribution in [0.15, 0.2) is 72.3 Å². The van der Waals surface area contributed by atoms with Gasteiger partial charge >= 0.3 is 0 Å². The minimum atomic E-state index is -0.139. The average Bonchev–Trinajstić information content (AvgIpc) is 2.49. The number of hydrogen-bond acceptors (Lipinski definition) is 2. The summed E-state index contributed by atoms with van der Waals surface area (Å²) >= 11 is 0. The highest BCUT2D eigenvalue weighted by atomic mass is 16.1. The van der Waals surface area contributed by atoms with Gasteiger partial charge in [0.1, 0.15) is 5.84 Å². The number of carbonyl (C=O) groups is 1. The first-order valence-electron chi connectivity index (χ1n) is 6.78. The molecule has 2 rings (SSSR count). The summed E-state index contributed by atoms with van der Waals surface area (Å²) in [5.74, 6) is 0.399. The number of fused-ring (bicyclic) bond motifs is 1. The van der Waals surface area contributed by atoms with E-state index in [2.05, 4.69) is 41.2 Å². The van der Waals surface area contributed by atoms with E-state index in [0.717, 1.165) is 5.56 Å². The van der Waals surface area contributed by atoms with Crippen LogP contribution in [-0.2, 0) is 11.3 Å². The summed E-state index contributed by atoms with van der Waals surface area (Å²) in [4.78, 5) is 15.7. The van der Waals surface area contributed by atoms with Crippen LogP contribution in [0.3, 0.4) is 0 Å². The molecule has 3 nitrogen and oxygen atoms in total. The summed E-state index contributed by atoms with van der Waals surface area (Å²) in [6.45, 7) is 5.60. The highest BCUT2D eigenvalue weighted by Gasteiger charge is 2.01. The van der Waals surface area contributed by atoms with E-state index in [1.807, 2.05) is 18.2 Å². The van der Waals surface area contributed by atoms with Gasteiger partial charge in [0.2, 0.25) is 5.91 Å². The van der Waals surface area contributed by atoms with E-state index in [4.69, 9.17) is 0 Å². The second-order valence-corrected chi connectivity index (χ2v) is 4.62. The van der Waals surface area contributed by atoms with Crippen LogP contribution in [0.25, 0.3) is 10.8 Å². The maximum atomic E-state index is 11.2. The summed E-state index contributed by atoms with van der Waals surface area (Å²) < 4.78 is 0. The second-order valence-electron chi connectivity index (χ2n) is 4.62. The number of benzene rings is 2. The highest BCUT2D eigenvalue weighted by Crippen LogP contribution is 2.19. The van der Waals surface area contributed by atoms with Gasteiger partial charge in [-0.05, 0) is 22.4 Å². The molecule has 0 fully saturated rings. The third-order valence-corrected chi connectivity index (χ3v) is 2.99. The molecule has 3 heteroatoms. The van der Waals surface area contributed by atoms with E-state index in [9.17, 15) is 4.79 Å². The van der Waals surface area contributed by atoms with Crippen LogP contribution in [0, 0.1) is 0 Å². The molecule has 0 aliphatic carbocycles. The van der Waals surface area contributed by atoms with Gasteiger partial charge in [-0.25, -0.2) is 0 Å². The first-order valence-corrected chi connectivity index (χ1v) is 6.78. The normalized spacial score (nSPS) is 11.8. The lowest BCUT2D eigenvalue weighted by Gasteiger charge is -2.06. The van der Waals surface area contributed by atoms with Crippen LogP contribution in [-0.4, -0.2) is 11.7 Å². The van der Waals surface area contributed by atoms with Gasteiger partial charge in [-0.1, -0.05) is 61.2 Å². The molecular formula is C18H18N2O. The molecule has 0 aliphatic heterocycles. The summed E-state index contributed by atoms with van der Waals surface area (Å²) in [5.41, 5.74) is 1.13. The van der Waals surface area contributed by atoms with Gasteiger partial charge in [0, 0.05) is 6.92 Å². The Morgan fingerprint density at radius 3 is 2.76 bits per heavy atom. The molecule has 2 aromatic carbocycles. The predicted octanol–water partition coefficient (Wildman–Crippen LogP) is 3.62. The lowest BCUT2D eigenvalue weighted by atomic mass is 10.0. The van der Waals surface area contributed by atoms with Crippen molar-refractivity contribution < 1.29 is 4.79 Å². The number of amidine groups is 1. The Labute approximate surface area is 124 Å². The molecule has 106 valence electrons. The molecule has 1 N–H and O–H groups in total. The lowest BCUT2D eigenvalue weighted by molar-refractivity contribution is -0.117. The molecule has 0 radical (unpaired) electrons. The molecule has 1 amide bonds. The number of nitrogens with one attached hydrogen (secondary N) is 1. The number of rotatable bonds is 4. The summed E-state index contributed by atoms with van der Waals surface area (Å²) in [5, 5.41) is 5.08. The fourth-order valence-corrected chi connectivity index (χ4v) is 2.07. The number of allylic oxidation sites excluding steroid dienone is 2. The number of amides is 1. The average molecular weight is 278 g/mol. The Balaban J connectivity index is 2.28. The zero-order valence-corrected chi connectivity index (χ0v) is 12.0. The molecular weight excluding hydrogens is 260 g/mol. The zero-order chi connectivity index (χ0) is 15.1. The van der Waals surface area contributed by atoms with Gasteiger partial charge in [0.25, 0.3) is 0 Å². The van der Waals surface area contributed by atoms with Crippen molar-refractivity contribution in [2.24, 2.45) is 4.99 Å². The standard InChI is InChI=1S/C18H18N2O/c1-3-4-12-18(20-14(2)21)19-13-16-10-7-9-15-8-5-6-11-17(15)16/h3-12H,1,13H2,2H3,(H,19,20,21)/b12-4-. The Morgan fingerprint density at radius 1 is 1.24 bits per heavy atom. The molecule has 0 bridgehead atoms. The maximum Gasteiger partial charge on any atom is 0.222 e. The van der Waals surface area contributed by atoms with Crippen LogP contribution in [0.4, 0.5) is 0 Å². The SMILES string of the molecule is C=C/C=C\C(=NCc1cccc2ccccc12)NC(C)=O. The third kappa shape index (κ3) is 4.14. The van der Waals surface area contributed by atoms with Crippen molar-refractivity contribution in [1.29, 1.82) is 0 Å². The van der Waals surface area contributed by atoms with Crippen LogP contribution >= 0.6 is 0 Å². The molecule has 0 unspecified atom stereocenters. The molecule has 0 heterocycles. The highest BCUT2D eigenvalue weighted by molar-refractivity contribution is 6.03. The first-order chi connectivity index (χ1) is 10.2. The first kappa shape index (κ1) is 14.7. The van der Waals surface area contributed by atoms with Crippen molar-refractivity contribution >= 4 is 22.5 Å². The molecule has 0 aromatic heterocycles. The largest absolute Gasteiger partial charge is 0.311 e. The second kappa shape index (κ2) is 7.20. The molecule has 0 atom stereocenters. The number of aliphatic imine (C=N–C) groups is 1. The molecule has 0 spiro atoms. The van der Waals surface area contributed by atoms with Gasteiger partial charge in [0.15, 0.2) is 0 Å². The van der Waals surface area contributed by atoms with Crippen LogP contribution in [0.2, 0.25) is 0 Å². The summed E-state index contributed by atoms with van der Waals surface area (Å²) in [6.07, 6.45) is 5.13. The Kier molecular flexibility index (Phi) is 5.04. The van der Waals surface area contributed by atoms with E-state index in [1.54, 1.807) is 18.2 Å². The Bertz CT molecular complexity index is 709. The van der Waals surface area contributed by atoms with Crippen LogP contribution < -0.4 is 5.32 Å². The van der Waals surface area contributed by atoms with Gasteiger partial charge in [-0.3, -0.25) is 9.79 Å². The van der Waals surface area contributed by atoms with Crippen molar-refractivity contribution in [3.63, 3.8) is 0 Å².